The van der Waals surface area contributed by atoms with Crippen molar-refractivity contribution < 1.29 is 9.47 Å². The molecule has 1 heterocycles. The summed E-state index contributed by atoms with van der Waals surface area (Å²) in [6, 6.07) is 7.91. The van der Waals surface area contributed by atoms with Crippen LogP contribution >= 0.6 is 15.9 Å². The second-order valence-electron chi connectivity index (χ2n) is 3.74. The Morgan fingerprint density at radius 1 is 1.17 bits per heavy atom. The monoisotopic (exact) mass is 310 g/mol. The van der Waals surface area contributed by atoms with E-state index < -0.39 is 0 Å². The maximum Gasteiger partial charge on any atom is 0.174 e. The molecule has 4 nitrogen and oxygen atoms in total. The van der Waals surface area contributed by atoms with Crippen LogP contribution in [0.15, 0.2) is 41.1 Å². The maximum atomic E-state index is 5.31. The van der Waals surface area contributed by atoms with Crippen LogP contribution in [0.5, 0.6) is 11.5 Å². The van der Waals surface area contributed by atoms with Crippen LogP contribution in [0.25, 0.3) is 0 Å². The van der Waals surface area contributed by atoms with Crippen LogP contribution in [0.1, 0.15) is 5.56 Å². The number of rotatable bonds is 5. The summed E-state index contributed by atoms with van der Waals surface area (Å²) in [7, 11) is 3.26. The largest absolute Gasteiger partial charge is 0.493 e. The predicted octanol–water partition coefficient (Wildman–Crippen LogP) is 3.01. The Morgan fingerprint density at radius 2 is 1.89 bits per heavy atom. The third-order valence-electron chi connectivity index (χ3n) is 2.56. The van der Waals surface area contributed by atoms with Gasteiger partial charge in [0.1, 0.15) is 0 Å². The predicted molar refractivity (Wildman–Crippen MR) is 74.7 cm³/mol. The highest BCUT2D eigenvalue weighted by Crippen LogP contribution is 2.36. The van der Waals surface area contributed by atoms with Gasteiger partial charge in [-0.2, -0.15) is 0 Å². The SMILES string of the molecule is COc1cc(CNn2cccc2)cc(Br)c1OC. The number of nitrogens with one attached hydrogen (secondary N) is 1. The number of hydrogen-bond donors (Lipinski definition) is 1. The van der Waals surface area contributed by atoms with Crippen molar-refractivity contribution in [3.8, 4) is 11.5 Å². The lowest BCUT2D eigenvalue weighted by atomic mass is 10.2. The maximum absolute atomic E-state index is 5.31. The van der Waals surface area contributed by atoms with Crippen molar-refractivity contribution in [3.05, 3.63) is 46.7 Å². The molecule has 0 spiro atoms. The van der Waals surface area contributed by atoms with Gasteiger partial charge >= 0.3 is 0 Å². The Bertz CT molecular complexity index is 512. The molecule has 0 aliphatic carbocycles. The zero-order valence-electron chi connectivity index (χ0n) is 10.3. The topological polar surface area (TPSA) is 35.4 Å². The standard InChI is InChI=1S/C13H15BrN2O2/c1-17-12-8-10(7-11(14)13(12)18-2)9-15-16-5-3-4-6-16/h3-8,15H,9H2,1-2H3. The molecule has 18 heavy (non-hydrogen) atoms. The van der Waals surface area contributed by atoms with Crippen molar-refractivity contribution in [1.82, 2.24) is 4.68 Å². The summed E-state index contributed by atoms with van der Waals surface area (Å²) in [6.45, 7) is 0.702. The lowest BCUT2D eigenvalue weighted by molar-refractivity contribution is 0.352. The summed E-state index contributed by atoms with van der Waals surface area (Å²) in [5, 5.41) is 0. The Hall–Kier alpha value is -1.62. The van der Waals surface area contributed by atoms with Gasteiger partial charge in [-0.1, -0.05) is 0 Å². The molecular weight excluding hydrogens is 296 g/mol. The summed E-state index contributed by atoms with van der Waals surface area (Å²) in [4.78, 5) is 0. The molecule has 2 rings (SSSR count). The van der Waals surface area contributed by atoms with Crippen LogP contribution in [0.3, 0.4) is 0 Å². The van der Waals surface area contributed by atoms with E-state index in [1.165, 1.54) is 0 Å². The molecular formula is C13H15BrN2O2. The first kappa shape index (κ1) is 12.8. The van der Waals surface area contributed by atoms with Crippen LogP contribution in [0.4, 0.5) is 0 Å². The van der Waals surface area contributed by atoms with Crippen LogP contribution in [-0.4, -0.2) is 18.9 Å². The summed E-state index contributed by atoms with van der Waals surface area (Å²) in [5.74, 6) is 1.43. The normalized spacial score (nSPS) is 10.2. The van der Waals surface area contributed by atoms with Gasteiger partial charge in [-0.15, -0.1) is 0 Å². The van der Waals surface area contributed by atoms with Crippen molar-refractivity contribution >= 4 is 15.9 Å². The van der Waals surface area contributed by atoms with Gasteiger partial charge in [0.2, 0.25) is 0 Å². The Labute approximate surface area is 115 Å². The third-order valence-corrected chi connectivity index (χ3v) is 3.15. The number of methoxy groups -OCH3 is 2. The number of nitrogens with zero attached hydrogens (tertiary/aromatic N) is 1. The van der Waals surface area contributed by atoms with E-state index in [0.29, 0.717) is 12.3 Å². The van der Waals surface area contributed by atoms with Crippen molar-refractivity contribution in [1.29, 1.82) is 0 Å². The van der Waals surface area contributed by atoms with Gasteiger partial charge in [-0.3, -0.25) is 4.68 Å². The minimum absolute atomic E-state index is 0.702. The zero-order valence-corrected chi connectivity index (χ0v) is 11.9. The van der Waals surface area contributed by atoms with Crippen LogP contribution < -0.4 is 14.9 Å². The summed E-state index contributed by atoms with van der Waals surface area (Å²) >= 11 is 3.48. The fourth-order valence-corrected chi connectivity index (χ4v) is 2.35. The van der Waals surface area contributed by atoms with Crippen LogP contribution in [0, 0.1) is 0 Å². The highest BCUT2D eigenvalue weighted by atomic mass is 79.9. The minimum atomic E-state index is 0.702. The molecule has 0 radical (unpaired) electrons. The van der Waals surface area contributed by atoms with Gasteiger partial charge < -0.3 is 14.9 Å². The molecule has 5 heteroatoms. The van der Waals surface area contributed by atoms with Crippen LogP contribution in [0.2, 0.25) is 0 Å². The summed E-state index contributed by atoms with van der Waals surface area (Å²) < 4.78 is 13.4. The number of aromatic nitrogens is 1. The molecule has 0 bridgehead atoms. The molecule has 0 aliphatic rings. The van der Waals surface area contributed by atoms with Crippen molar-refractivity contribution in [2.75, 3.05) is 19.6 Å². The molecule has 0 unspecified atom stereocenters. The smallest absolute Gasteiger partial charge is 0.174 e. The molecule has 2 aromatic rings. The lowest BCUT2D eigenvalue weighted by Crippen LogP contribution is -2.12. The van der Waals surface area contributed by atoms with E-state index in [-0.39, 0.29) is 0 Å². The Kier molecular flexibility index (Phi) is 4.15. The first-order valence-corrected chi connectivity index (χ1v) is 6.31. The first-order valence-electron chi connectivity index (χ1n) is 5.52. The van der Waals surface area contributed by atoms with Crippen molar-refractivity contribution in [2.45, 2.75) is 6.54 Å². The molecule has 0 saturated carbocycles. The second-order valence-corrected chi connectivity index (χ2v) is 4.59. The highest BCUT2D eigenvalue weighted by molar-refractivity contribution is 9.10. The third kappa shape index (κ3) is 2.79. The number of benzene rings is 1. The van der Waals surface area contributed by atoms with Crippen molar-refractivity contribution in [2.24, 2.45) is 0 Å². The quantitative estimate of drug-likeness (QED) is 0.922. The van der Waals surface area contributed by atoms with E-state index in [1.54, 1.807) is 14.2 Å². The average Bonchev–Trinajstić information content (AvgIpc) is 2.88. The van der Waals surface area contributed by atoms with Gasteiger partial charge in [-0.25, -0.2) is 0 Å². The average molecular weight is 311 g/mol. The zero-order chi connectivity index (χ0) is 13.0. The molecule has 1 aromatic heterocycles. The Balaban J connectivity index is 2.16. The molecule has 1 aromatic carbocycles. The van der Waals surface area contributed by atoms with Crippen molar-refractivity contribution in [3.63, 3.8) is 0 Å². The fraction of sp³-hybridized carbons (Fsp3) is 0.231. The van der Waals surface area contributed by atoms with Gasteiger partial charge in [0.05, 0.1) is 25.2 Å². The van der Waals surface area contributed by atoms with Gasteiger partial charge in [-0.05, 0) is 45.8 Å². The summed E-state index contributed by atoms with van der Waals surface area (Å²) in [5.41, 5.74) is 4.36. The van der Waals surface area contributed by atoms with E-state index in [1.807, 2.05) is 41.3 Å². The highest BCUT2D eigenvalue weighted by Gasteiger charge is 2.10. The fourth-order valence-electron chi connectivity index (χ4n) is 1.70. The molecule has 0 saturated heterocycles. The first-order chi connectivity index (χ1) is 8.74. The Morgan fingerprint density at radius 3 is 2.50 bits per heavy atom. The molecule has 96 valence electrons. The van der Waals surface area contributed by atoms with E-state index in [4.69, 9.17) is 9.47 Å². The van der Waals surface area contributed by atoms with Gasteiger partial charge in [0, 0.05) is 12.4 Å². The molecule has 0 aliphatic heterocycles. The molecule has 0 amide bonds. The molecule has 1 N–H and O–H groups in total. The second kappa shape index (κ2) is 5.82. The van der Waals surface area contributed by atoms with E-state index in [2.05, 4.69) is 21.4 Å². The number of ether oxygens (including phenoxy) is 2. The number of halogens is 1. The lowest BCUT2D eigenvalue weighted by Gasteiger charge is -2.13. The number of hydrogen-bond acceptors (Lipinski definition) is 3. The van der Waals surface area contributed by atoms with Gasteiger partial charge in [0.15, 0.2) is 11.5 Å². The van der Waals surface area contributed by atoms with E-state index in [0.717, 1.165) is 15.8 Å². The molecule has 0 atom stereocenters. The molecule has 0 fully saturated rings. The van der Waals surface area contributed by atoms with Crippen LogP contribution in [-0.2, 0) is 6.54 Å². The van der Waals surface area contributed by atoms with Gasteiger partial charge in [0.25, 0.3) is 0 Å². The van der Waals surface area contributed by atoms with E-state index >= 15 is 0 Å². The summed E-state index contributed by atoms with van der Waals surface area (Å²) in [6.07, 6.45) is 3.91. The minimum Gasteiger partial charge on any atom is -0.493 e. The van der Waals surface area contributed by atoms with E-state index in [9.17, 15) is 0 Å².